The van der Waals surface area contributed by atoms with Gasteiger partial charge in [-0.25, -0.2) is 9.37 Å². The van der Waals surface area contributed by atoms with Crippen molar-refractivity contribution in [2.24, 2.45) is 5.92 Å². The number of nitrogens with zero attached hydrogens (tertiary/aromatic N) is 3. The van der Waals surface area contributed by atoms with Crippen molar-refractivity contribution >= 4 is 27.0 Å². The van der Waals surface area contributed by atoms with E-state index in [4.69, 9.17) is 9.72 Å². The lowest BCUT2D eigenvalue weighted by atomic mass is 9.97. The zero-order chi connectivity index (χ0) is 24.2. The summed E-state index contributed by atoms with van der Waals surface area (Å²) in [6.45, 7) is 7.99. The topological polar surface area (TPSA) is 50.5 Å². The Labute approximate surface area is 209 Å². The molecular formula is C27H33BrFN3O2. The van der Waals surface area contributed by atoms with Crippen molar-refractivity contribution in [3.05, 3.63) is 63.1 Å². The monoisotopic (exact) mass is 529 g/mol. The fraction of sp³-hybridized carbons (Fsp3) is 0.519. The van der Waals surface area contributed by atoms with Crippen LogP contribution in [0.4, 0.5) is 4.39 Å². The first-order chi connectivity index (χ1) is 16.1. The van der Waals surface area contributed by atoms with Crippen LogP contribution in [0, 0.1) is 18.7 Å². The van der Waals surface area contributed by atoms with Crippen molar-refractivity contribution in [1.29, 1.82) is 0 Å². The van der Waals surface area contributed by atoms with Gasteiger partial charge in [-0.1, -0.05) is 22.0 Å². The lowest BCUT2D eigenvalue weighted by Gasteiger charge is -2.40. The molecule has 0 radical (unpaired) electrons. The smallest absolute Gasteiger partial charge is 0.141 e. The maximum absolute atomic E-state index is 14.6. The first-order valence-electron chi connectivity index (χ1n) is 12.1. The van der Waals surface area contributed by atoms with E-state index >= 15 is 0 Å². The lowest BCUT2D eigenvalue weighted by Crippen LogP contribution is -2.47. The average molecular weight is 530 g/mol. The number of fused-ring (bicyclic) bond motifs is 2. The summed E-state index contributed by atoms with van der Waals surface area (Å²) in [5.74, 6) is 0.913. The van der Waals surface area contributed by atoms with Gasteiger partial charge in [0.1, 0.15) is 17.2 Å². The second-order valence-electron chi connectivity index (χ2n) is 10.5. The molecular weight excluding hydrogens is 497 g/mol. The molecule has 0 bridgehead atoms. The predicted molar refractivity (Wildman–Crippen MR) is 136 cm³/mol. The molecule has 2 heterocycles. The summed E-state index contributed by atoms with van der Waals surface area (Å²) in [5, 5.41) is 10.9. The molecule has 0 spiro atoms. The normalized spacial score (nSPS) is 23.6. The predicted octanol–water partition coefficient (Wildman–Crippen LogP) is 5.15. The van der Waals surface area contributed by atoms with Gasteiger partial charge in [0.2, 0.25) is 0 Å². The Balaban J connectivity index is 1.39. The van der Waals surface area contributed by atoms with Gasteiger partial charge in [0.25, 0.3) is 0 Å². The highest BCUT2D eigenvalue weighted by molar-refractivity contribution is 9.10. The van der Waals surface area contributed by atoms with Crippen molar-refractivity contribution in [2.45, 2.75) is 57.8 Å². The van der Waals surface area contributed by atoms with Crippen molar-refractivity contribution in [2.75, 3.05) is 26.7 Å². The number of aromatic nitrogens is 2. The van der Waals surface area contributed by atoms with Crippen LogP contribution >= 0.6 is 15.9 Å². The minimum absolute atomic E-state index is 0.0217. The molecule has 3 atom stereocenters. The van der Waals surface area contributed by atoms with E-state index < -0.39 is 5.60 Å². The maximum Gasteiger partial charge on any atom is 0.141 e. The van der Waals surface area contributed by atoms with E-state index in [0.29, 0.717) is 22.8 Å². The Morgan fingerprint density at radius 3 is 2.71 bits per heavy atom. The summed E-state index contributed by atoms with van der Waals surface area (Å²) in [5.41, 5.74) is 3.75. The van der Waals surface area contributed by atoms with Crippen LogP contribution in [-0.4, -0.2) is 52.4 Å². The van der Waals surface area contributed by atoms with Gasteiger partial charge in [0.05, 0.1) is 23.2 Å². The van der Waals surface area contributed by atoms with Crippen LogP contribution in [0.3, 0.4) is 0 Å². The summed E-state index contributed by atoms with van der Waals surface area (Å²) < 4.78 is 23.7. The van der Waals surface area contributed by atoms with Crippen molar-refractivity contribution in [3.63, 3.8) is 0 Å². The molecule has 3 aromatic rings. The number of rotatable bonds is 5. The van der Waals surface area contributed by atoms with Crippen molar-refractivity contribution < 1.29 is 14.2 Å². The number of aryl methyl sites for hydroxylation is 1. The van der Waals surface area contributed by atoms with Gasteiger partial charge in [-0.15, -0.1) is 0 Å². The van der Waals surface area contributed by atoms with E-state index in [1.807, 2.05) is 4.57 Å². The van der Waals surface area contributed by atoms with Crippen molar-refractivity contribution in [1.82, 2.24) is 14.5 Å². The largest absolute Gasteiger partial charge is 0.383 e. The van der Waals surface area contributed by atoms with Gasteiger partial charge in [-0.2, -0.15) is 0 Å². The molecule has 1 unspecified atom stereocenters. The molecule has 2 aliphatic rings. The van der Waals surface area contributed by atoms with Crippen molar-refractivity contribution in [3.8, 4) is 0 Å². The van der Waals surface area contributed by atoms with E-state index in [1.165, 1.54) is 11.1 Å². The van der Waals surface area contributed by atoms with Gasteiger partial charge in [0.15, 0.2) is 0 Å². The second kappa shape index (κ2) is 9.01. The number of hydrogen-bond donors (Lipinski definition) is 1. The fourth-order valence-electron chi connectivity index (χ4n) is 5.82. The van der Waals surface area contributed by atoms with Crippen LogP contribution in [0.1, 0.15) is 48.8 Å². The first-order valence-corrected chi connectivity index (χ1v) is 12.9. The van der Waals surface area contributed by atoms with E-state index in [-0.39, 0.29) is 18.0 Å². The maximum atomic E-state index is 14.6. The lowest BCUT2D eigenvalue weighted by molar-refractivity contribution is -0.0152. The van der Waals surface area contributed by atoms with Gasteiger partial charge in [-0.05, 0) is 80.8 Å². The fourth-order valence-corrected chi connectivity index (χ4v) is 6.23. The number of hydrogen-bond acceptors (Lipinski definition) is 4. The molecule has 1 N–H and O–H groups in total. The number of likely N-dealkylation sites (tertiary alicyclic amines) is 1. The van der Waals surface area contributed by atoms with Crippen LogP contribution in [0.25, 0.3) is 11.0 Å². The number of ether oxygens (including phenoxy) is 1. The number of halogens is 2. The summed E-state index contributed by atoms with van der Waals surface area (Å²) in [6, 6.07) is 9.93. The molecule has 5 rings (SSSR count). The SMILES string of the molecule is CO[C@@H]1CN(CC2Cc3ccc(Br)cc3C2)CC[C@H]1n1c(C(C)(C)O)nc2cc(C)c(F)cc21. The molecule has 182 valence electrons. The highest BCUT2D eigenvalue weighted by Gasteiger charge is 2.37. The number of methoxy groups -OCH3 is 1. The first kappa shape index (κ1) is 23.9. The molecule has 0 saturated carbocycles. The average Bonchev–Trinajstić information content (AvgIpc) is 3.34. The Bertz CT molecular complexity index is 1220. The number of imidazole rings is 1. The summed E-state index contributed by atoms with van der Waals surface area (Å²) in [4.78, 5) is 7.24. The zero-order valence-corrected chi connectivity index (χ0v) is 21.9. The second-order valence-corrected chi connectivity index (χ2v) is 11.4. The molecule has 1 saturated heterocycles. The van der Waals surface area contributed by atoms with Gasteiger partial charge in [0, 0.05) is 37.3 Å². The van der Waals surface area contributed by atoms with Gasteiger partial charge >= 0.3 is 0 Å². The zero-order valence-electron chi connectivity index (χ0n) is 20.3. The third-order valence-electron chi connectivity index (χ3n) is 7.46. The number of aliphatic hydroxyl groups is 1. The molecule has 1 aliphatic heterocycles. The standard InChI is InChI=1S/C27H33BrFN3O2/c1-16-9-22-24(13-21(16)29)32(26(30-22)27(2,3)33)23-7-8-31(15-25(23)34-4)14-17-10-18-5-6-20(28)12-19(18)11-17/h5-6,9,12-13,17,23,25,33H,7-8,10-11,14-15H2,1-4H3/t17?,23-,25-/m1/s1. The molecule has 1 aromatic heterocycles. The van der Waals surface area contributed by atoms with E-state index in [0.717, 1.165) is 48.9 Å². The Kier molecular flexibility index (Phi) is 6.34. The Morgan fingerprint density at radius 2 is 1.97 bits per heavy atom. The van der Waals surface area contributed by atoms with Crippen LogP contribution in [0.15, 0.2) is 34.8 Å². The van der Waals surface area contributed by atoms with E-state index in [2.05, 4.69) is 39.0 Å². The molecule has 0 amide bonds. The van der Waals surface area contributed by atoms with Crippen LogP contribution in [-0.2, 0) is 23.2 Å². The highest BCUT2D eigenvalue weighted by atomic mass is 79.9. The van der Waals surface area contributed by atoms with Gasteiger partial charge < -0.3 is 19.3 Å². The molecule has 7 heteroatoms. The van der Waals surface area contributed by atoms with Crippen LogP contribution < -0.4 is 0 Å². The highest BCUT2D eigenvalue weighted by Crippen LogP contribution is 2.36. The molecule has 2 aromatic carbocycles. The van der Waals surface area contributed by atoms with Crippen LogP contribution in [0.2, 0.25) is 0 Å². The summed E-state index contributed by atoms with van der Waals surface area (Å²) >= 11 is 3.60. The Morgan fingerprint density at radius 1 is 1.21 bits per heavy atom. The number of piperidine rings is 1. The van der Waals surface area contributed by atoms with E-state index in [1.54, 1.807) is 40.0 Å². The third-order valence-corrected chi connectivity index (χ3v) is 7.96. The molecule has 34 heavy (non-hydrogen) atoms. The molecule has 1 fully saturated rings. The molecule has 1 aliphatic carbocycles. The minimum Gasteiger partial charge on any atom is -0.383 e. The van der Waals surface area contributed by atoms with Crippen LogP contribution in [0.5, 0.6) is 0 Å². The Hall–Kier alpha value is -1.80. The third kappa shape index (κ3) is 4.43. The number of benzene rings is 2. The summed E-state index contributed by atoms with van der Waals surface area (Å²) in [7, 11) is 1.75. The molecule has 5 nitrogen and oxygen atoms in total. The van der Waals surface area contributed by atoms with E-state index in [9.17, 15) is 9.50 Å². The quantitative estimate of drug-likeness (QED) is 0.496. The van der Waals surface area contributed by atoms with Gasteiger partial charge in [-0.3, -0.25) is 0 Å². The minimum atomic E-state index is -1.15. The summed E-state index contributed by atoms with van der Waals surface area (Å²) in [6.07, 6.45) is 3.01.